The topological polar surface area (TPSA) is 24.7 Å². The largest absolute Gasteiger partial charge is 0.164 e. The molecule has 0 aromatic heterocycles. The van der Waals surface area contributed by atoms with Crippen LogP contribution in [0, 0.1) is 0 Å². The number of nitrogens with zero attached hydrogens (tertiary/aromatic N) is 2. The SMILES string of the molecule is CC/C=N/N=C(C)C. The van der Waals surface area contributed by atoms with Crippen LogP contribution in [0.1, 0.15) is 27.2 Å². The molecule has 2 nitrogen and oxygen atoms in total. The second kappa shape index (κ2) is 4.50. The zero-order chi connectivity index (χ0) is 6.41. The summed E-state index contributed by atoms with van der Waals surface area (Å²) in [6, 6.07) is 0. The predicted octanol–water partition coefficient (Wildman–Crippen LogP) is 1.86. The Balaban J connectivity index is 3.42. The third kappa shape index (κ3) is 5.34. The molecule has 0 aromatic rings. The standard InChI is InChI=1S/C6H12N2/c1-4-5-7-8-6(2)3/h5H,4H2,1-3H3/b7-5+. The van der Waals surface area contributed by atoms with Crippen molar-refractivity contribution in [2.24, 2.45) is 10.2 Å². The summed E-state index contributed by atoms with van der Waals surface area (Å²) in [6.45, 7) is 5.88. The van der Waals surface area contributed by atoms with Gasteiger partial charge in [-0.2, -0.15) is 10.2 Å². The van der Waals surface area contributed by atoms with Crippen molar-refractivity contribution in [2.45, 2.75) is 27.2 Å². The van der Waals surface area contributed by atoms with E-state index in [4.69, 9.17) is 0 Å². The van der Waals surface area contributed by atoms with E-state index >= 15 is 0 Å². The molecule has 0 rings (SSSR count). The highest BCUT2D eigenvalue weighted by Gasteiger charge is 1.69. The fraction of sp³-hybridized carbons (Fsp3) is 0.667. The molecule has 0 aliphatic heterocycles. The number of hydrogen-bond acceptors (Lipinski definition) is 2. The third-order valence-electron chi connectivity index (χ3n) is 0.522. The second-order valence-electron chi connectivity index (χ2n) is 1.75. The predicted molar refractivity (Wildman–Crippen MR) is 37.6 cm³/mol. The van der Waals surface area contributed by atoms with E-state index in [0.29, 0.717) is 0 Å². The van der Waals surface area contributed by atoms with Gasteiger partial charge in [0.25, 0.3) is 0 Å². The molecule has 0 amide bonds. The molecule has 0 N–H and O–H groups in total. The van der Waals surface area contributed by atoms with Crippen LogP contribution in [0.15, 0.2) is 10.2 Å². The fourth-order valence-corrected chi connectivity index (χ4v) is 0.238. The summed E-state index contributed by atoms with van der Waals surface area (Å²) in [6.07, 6.45) is 2.74. The molecule has 0 bridgehead atoms. The maximum absolute atomic E-state index is 3.80. The Kier molecular flexibility index (Phi) is 4.13. The highest BCUT2D eigenvalue weighted by Crippen LogP contribution is 1.76. The van der Waals surface area contributed by atoms with Gasteiger partial charge >= 0.3 is 0 Å². The highest BCUT2D eigenvalue weighted by atomic mass is 15.2. The molecule has 0 radical (unpaired) electrons. The van der Waals surface area contributed by atoms with Gasteiger partial charge < -0.3 is 0 Å². The second-order valence-corrected chi connectivity index (χ2v) is 1.75. The average Bonchev–Trinajstić information content (AvgIpc) is 1.66. The van der Waals surface area contributed by atoms with Gasteiger partial charge in [0.15, 0.2) is 0 Å². The van der Waals surface area contributed by atoms with Crippen LogP contribution in [0.4, 0.5) is 0 Å². The van der Waals surface area contributed by atoms with Gasteiger partial charge in [-0.1, -0.05) is 6.92 Å². The zero-order valence-corrected chi connectivity index (χ0v) is 5.68. The molecule has 0 aliphatic rings. The van der Waals surface area contributed by atoms with E-state index in [-0.39, 0.29) is 0 Å². The number of rotatable bonds is 2. The summed E-state index contributed by atoms with van der Waals surface area (Å²) >= 11 is 0. The van der Waals surface area contributed by atoms with Gasteiger partial charge in [0.05, 0.1) is 0 Å². The van der Waals surface area contributed by atoms with Gasteiger partial charge in [0.2, 0.25) is 0 Å². The molecule has 2 heteroatoms. The molecule has 0 heterocycles. The van der Waals surface area contributed by atoms with Crippen molar-refractivity contribution in [1.29, 1.82) is 0 Å². The van der Waals surface area contributed by atoms with E-state index < -0.39 is 0 Å². The Bertz CT molecular complexity index is 99.1. The van der Waals surface area contributed by atoms with Crippen molar-refractivity contribution >= 4 is 11.9 Å². The van der Waals surface area contributed by atoms with Crippen molar-refractivity contribution < 1.29 is 0 Å². The Morgan fingerprint density at radius 2 is 2.12 bits per heavy atom. The summed E-state index contributed by atoms with van der Waals surface area (Å²) in [5.74, 6) is 0. The zero-order valence-electron chi connectivity index (χ0n) is 5.68. The lowest BCUT2D eigenvalue weighted by atomic mass is 10.5. The first-order valence-corrected chi connectivity index (χ1v) is 2.80. The number of hydrogen-bond donors (Lipinski definition) is 0. The average molecular weight is 112 g/mol. The van der Waals surface area contributed by atoms with E-state index in [1.54, 1.807) is 6.21 Å². The lowest BCUT2D eigenvalue weighted by Crippen LogP contribution is -1.76. The first-order chi connectivity index (χ1) is 3.77. The summed E-state index contributed by atoms with van der Waals surface area (Å²) in [4.78, 5) is 0. The van der Waals surface area contributed by atoms with Crippen molar-refractivity contribution in [1.82, 2.24) is 0 Å². The summed E-state index contributed by atoms with van der Waals surface area (Å²) in [5.41, 5.74) is 0.995. The van der Waals surface area contributed by atoms with Crippen LogP contribution in [0.5, 0.6) is 0 Å². The van der Waals surface area contributed by atoms with Crippen LogP contribution in [-0.4, -0.2) is 11.9 Å². The minimum Gasteiger partial charge on any atom is -0.164 e. The van der Waals surface area contributed by atoms with Crippen molar-refractivity contribution in [2.75, 3.05) is 0 Å². The normalized spacial score (nSPS) is 9.88. The van der Waals surface area contributed by atoms with Crippen LogP contribution in [-0.2, 0) is 0 Å². The van der Waals surface area contributed by atoms with E-state index in [1.807, 2.05) is 20.8 Å². The van der Waals surface area contributed by atoms with Crippen LogP contribution >= 0.6 is 0 Å². The minimum atomic E-state index is 0.955. The van der Waals surface area contributed by atoms with Crippen LogP contribution in [0.2, 0.25) is 0 Å². The lowest BCUT2D eigenvalue weighted by molar-refractivity contribution is 1.19. The molecule has 0 aromatic carbocycles. The molecule has 0 unspecified atom stereocenters. The summed E-state index contributed by atoms with van der Waals surface area (Å²) in [5, 5.41) is 7.55. The van der Waals surface area contributed by atoms with Gasteiger partial charge in [-0.15, -0.1) is 0 Å². The Hall–Kier alpha value is -0.660. The summed E-state index contributed by atoms with van der Waals surface area (Å²) < 4.78 is 0. The maximum atomic E-state index is 3.80. The van der Waals surface area contributed by atoms with Crippen LogP contribution in [0.3, 0.4) is 0 Å². The molecule has 0 saturated heterocycles. The Morgan fingerprint density at radius 1 is 1.50 bits per heavy atom. The monoisotopic (exact) mass is 112 g/mol. The van der Waals surface area contributed by atoms with Gasteiger partial charge in [-0.3, -0.25) is 0 Å². The third-order valence-corrected chi connectivity index (χ3v) is 0.522. The molecule has 8 heavy (non-hydrogen) atoms. The lowest BCUT2D eigenvalue weighted by Gasteiger charge is -1.79. The smallest absolute Gasteiger partial charge is 0.0344 e. The van der Waals surface area contributed by atoms with E-state index in [9.17, 15) is 0 Å². The Morgan fingerprint density at radius 3 is 2.50 bits per heavy atom. The molecule has 0 atom stereocenters. The highest BCUT2D eigenvalue weighted by molar-refractivity contribution is 5.79. The molecular weight excluding hydrogens is 100 g/mol. The van der Waals surface area contributed by atoms with E-state index in [0.717, 1.165) is 12.1 Å². The first-order valence-electron chi connectivity index (χ1n) is 2.80. The first kappa shape index (κ1) is 7.34. The quantitative estimate of drug-likeness (QED) is 0.385. The van der Waals surface area contributed by atoms with Crippen LogP contribution < -0.4 is 0 Å². The maximum Gasteiger partial charge on any atom is 0.0344 e. The molecule has 0 aliphatic carbocycles. The Labute approximate surface area is 50.3 Å². The molecule has 46 valence electrons. The minimum absolute atomic E-state index is 0.955. The summed E-state index contributed by atoms with van der Waals surface area (Å²) in [7, 11) is 0. The van der Waals surface area contributed by atoms with Gasteiger partial charge in [0, 0.05) is 11.9 Å². The van der Waals surface area contributed by atoms with Crippen molar-refractivity contribution in [3.63, 3.8) is 0 Å². The molecule has 0 fully saturated rings. The van der Waals surface area contributed by atoms with Gasteiger partial charge in [-0.25, -0.2) is 0 Å². The molecule has 0 saturated carbocycles. The molecular formula is C6H12N2. The van der Waals surface area contributed by atoms with Gasteiger partial charge in [0.1, 0.15) is 0 Å². The molecule has 0 spiro atoms. The van der Waals surface area contributed by atoms with E-state index in [2.05, 4.69) is 10.2 Å². The van der Waals surface area contributed by atoms with Crippen LogP contribution in [0.25, 0.3) is 0 Å². The van der Waals surface area contributed by atoms with Crippen molar-refractivity contribution in [3.05, 3.63) is 0 Å². The van der Waals surface area contributed by atoms with E-state index in [1.165, 1.54) is 0 Å². The van der Waals surface area contributed by atoms with Crippen molar-refractivity contribution in [3.8, 4) is 0 Å². The van der Waals surface area contributed by atoms with Gasteiger partial charge in [-0.05, 0) is 20.3 Å². The fourth-order valence-electron chi connectivity index (χ4n) is 0.238.